The maximum Gasteiger partial charge on any atom is 0.431 e. The molecule has 0 radical (unpaired) electrons. The first-order chi connectivity index (χ1) is 18.0. The zero-order chi connectivity index (χ0) is 25.0. The molecule has 5 fully saturated rings. The van der Waals surface area contributed by atoms with Crippen LogP contribution >= 0.6 is 0 Å². The fourth-order valence-electron chi connectivity index (χ4n) is 7.84. The summed E-state index contributed by atoms with van der Waals surface area (Å²) in [6.45, 7) is 4.68. The van der Waals surface area contributed by atoms with E-state index >= 15 is 0 Å². The molecule has 8 rings (SSSR count). The lowest BCUT2D eigenvalue weighted by atomic mass is 9.52. The fraction of sp³-hybridized carbons (Fsp3) is 0.552. The van der Waals surface area contributed by atoms with Gasteiger partial charge in [-0.3, -0.25) is 0 Å². The van der Waals surface area contributed by atoms with Crippen LogP contribution in [0.2, 0.25) is 0 Å². The number of morpholine rings is 1. The van der Waals surface area contributed by atoms with Gasteiger partial charge in [0.2, 0.25) is 0 Å². The molecule has 2 aromatic carbocycles. The Labute approximate surface area is 218 Å². The lowest BCUT2D eigenvalue weighted by Gasteiger charge is -2.57. The number of hydrogen-bond donors (Lipinski definition) is 2. The monoisotopic (exact) mass is 504 g/mol. The van der Waals surface area contributed by atoms with E-state index in [0.717, 1.165) is 75.5 Å². The number of nitrogens with zero attached hydrogens (tertiary/aromatic N) is 3. The van der Waals surface area contributed by atoms with Crippen molar-refractivity contribution >= 4 is 28.8 Å². The second kappa shape index (κ2) is 9.10. The van der Waals surface area contributed by atoms with E-state index in [0.29, 0.717) is 30.8 Å². The van der Waals surface area contributed by atoms with E-state index in [-0.39, 0.29) is 12.1 Å². The highest BCUT2D eigenvalue weighted by atomic mass is 16.7. The third kappa shape index (κ3) is 4.30. The highest BCUT2D eigenvalue weighted by Gasteiger charge is 2.55. The Morgan fingerprint density at radius 3 is 2.27 bits per heavy atom. The number of hydroxylamine groups is 1. The second-order valence-electron chi connectivity index (χ2n) is 11.6. The van der Waals surface area contributed by atoms with Gasteiger partial charge in [0.1, 0.15) is 0 Å². The smallest absolute Gasteiger partial charge is 0.390 e. The average Bonchev–Trinajstić information content (AvgIpc) is 2.91. The highest BCUT2D eigenvalue weighted by molar-refractivity contribution is 5.80. The minimum atomic E-state index is -0.506. The van der Waals surface area contributed by atoms with Crippen LogP contribution in [0.15, 0.2) is 48.5 Å². The van der Waals surface area contributed by atoms with Gasteiger partial charge in [-0.1, -0.05) is 12.1 Å². The average molecular weight is 505 g/mol. The van der Waals surface area contributed by atoms with Crippen LogP contribution in [-0.2, 0) is 9.57 Å². The number of amides is 1. The molecular weight excluding hydrogens is 468 g/mol. The van der Waals surface area contributed by atoms with Crippen molar-refractivity contribution in [1.82, 2.24) is 5.32 Å². The lowest BCUT2D eigenvalue weighted by molar-refractivity contribution is -0.137. The predicted octanol–water partition coefficient (Wildman–Crippen LogP) is 4.06. The summed E-state index contributed by atoms with van der Waals surface area (Å²) >= 11 is 0. The maximum absolute atomic E-state index is 13.1. The van der Waals surface area contributed by atoms with Gasteiger partial charge in [0, 0.05) is 37.1 Å². The minimum absolute atomic E-state index is 0.103. The van der Waals surface area contributed by atoms with E-state index in [2.05, 4.69) is 45.4 Å². The molecule has 4 aliphatic carbocycles. The van der Waals surface area contributed by atoms with Crippen molar-refractivity contribution < 1.29 is 19.5 Å². The Morgan fingerprint density at radius 1 is 0.892 bits per heavy atom. The normalized spacial score (nSPS) is 32.3. The number of anilines is 4. The van der Waals surface area contributed by atoms with E-state index < -0.39 is 5.60 Å². The third-order valence-electron chi connectivity index (χ3n) is 9.22. The van der Waals surface area contributed by atoms with E-state index in [1.807, 2.05) is 18.2 Å². The second-order valence-corrected chi connectivity index (χ2v) is 11.6. The Bertz CT molecular complexity index is 1130. The topological polar surface area (TPSA) is 77.5 Å². The zero-order valence-corrected chi connectivity index (χ0v) is 21.2. The Balaban J connectivity index is 1.04. The number of aliphatic hydroxyl groups is 1. The van der Waals surface area contributed by atoms with Crippen LogP contribution in [0.5, 0.6) is 0 Å². The molecule has 0 aromatic heterocycles. The zero-order valence-electron chi connectivity index (χ0n) is 21.2. The summed E-state index contributed by atoms with van der Waals surface area (Å²) in [5.41, 5.74) is 3.75. The first-order valence-electron chi connectivity index (χ1n) is 13.8. The summed E-state index contributed by atoms with van der Waals surface area (Å²) in [7, 11) is 0. The Hall–Kier alpha value is -2.97. The predicted molar refractivity (Wildman–Crippen MR) is 142 cm³/mol. The summed E-state index contributed by atoms with van der Waals surface area (Å²) in [5.74, 6) is 1.32. The first-order valence-corrected chi connectivity index (χ1v) is 13.8. The van der Waals surface area contributed by atoms with Crippen molar-refractivity contribution in [1.29, 1.82) is 0 Å². The van der Waals surface area contributed by atoms with Gasteiger partial charge in [-0.05, 0) is 86.3 Å². The molecule has 1 amide bonds. The van der Waals surface area contributed by atoms with Crippen molar-refractivity contribution in [2.45, 2.75) is 43.7 Å². The number of benzene rings is 2. The number of rotatable bonds is 4. The van der Waals surface area contributed by atoms with E-state index in [1.54, 1.807) is 5.06 Å². The lowest BCUT2D eigenvalue weighted by Crippen LogP contribution is -2.62. The van der Waals surface area contributed by atoms with Gasteiger partial charge < -0.3 is 29.8 Å². The molecule has 2 aromatic rings. The largest absolute Gasteiger partial charge is 0.431 e. The van der Waals surface area contributed by atoms with Gasteiger partial charge in [-0.15, -0.1) is 0 Å². The molecule has 8 heteroatoms. The molecule has 196 valence electrons. The quantitative estimate of drug-likeness (QED) is 0.650. The molecule has 0 spiro atoms. The summed E-state index contributed by atoms with van der Waals surface area (Å²) in [4.78, 5) is 23.6. The fourth-order valence-corrected chi connectivity index (χ4v) is 7.84. The molecule has 6 aliphatic rings. The van der Waals surface area contributed by atoms with Crippen molar-refractivity contribution in [2.75, 3.05) is 54.3 Å². The van der Waals surface area contributed by atoms with Crippen LogP contribution < -0.4 is 20.2 Å². The number of fused-ring (bicyclic) bond motifs is 1. The Kier molecular flexibility index (Phi) is 5.70. The molecule has 3 unspecified atom stereocenters. The molecule has 4 saturated carbocycles. The number of nitrogens with one attached hydrogen (secondary N) is 1. The highest BCUT2D eigenvalue weighted by Crippen LogP contribution is 2.55. The molecule has 2 heterocycles. The molecule has 2 aliphatic heterocycles. The summed E-state index contributed by atoms with van der Waals surface area (Å²) in [6.07, 6.45) is 4.37. The van der Waals surface area contributed by atoms with Gasteiger partial charge in [0.15, 0.2) is 0 Å². The van der Waals surface area contributed by atoms with Gasteiger partial charge >= 0.3 is 6.09 Å². The third-order valence-corrected chi connectivity index (χ3v) is 9.22. The molecule has 1 saturated heterocycles. The van der Waals surface area contributed by atoms with Gasteiger partial charge in [0.05, 0.1) is 36.7 Å². The van der Waals surface area contributed by atoms with E-state index in [9.17, 15) is 9.90 Å². The van der Waals surface area contributed by atoms with Gasteiger partial charge in [0.25, 0.3) is 0 Å². The summed E-state index contributed by atoms with van der Waals surface area (Å²) in [6, 6.07) is 16.9. The number of hydrogen-bond acceptors (Lipinski definition) is 7. The molecule has 37 heavy (non-hydrogen) atoms. The van der Waals surface area contributed by atoms with Crippen molar-refractivity contribution in [3.05, 3.63) is 48.5 Å². The van der Waals surface area contributed by atoms with E-state index in [4.69, 9.17) is 9.57 Å². The molecule has 4 bridgehead atoms. The minimum Gasteiger partial charge on any atom is -0.390 e. The van der Waals surface area contributed by atoms with Crippen LogP contribution in [0.1, 0.15) is 32.1 Å². The molecule has 5 atom stereocenters. The SMILES string of the molecule is O=C(NC1[C@@H]2CC3C[C@H]1CC(O)(C3)C2)ON1CCN(c2ccc(N3CCOCC3)cc2)c2ccccc21. The molecular formula is C29H36N4O4. The number of para-hydroxylation sites is 2. The van der Waals surface area contributed by atoms with Gasteiger partial charge in [-0.25, -0.2) is 9.86 Å². The van der Waals surface area contributed by atoms with Gasteiger partial charge in [-0.2, -0.15) is 0 Å². The summed E-state index contributed by atoms with van der Waals surface area (Å²) < 4.78 is 5.48. The van der Waals surface area contributed by atoms with Crippen molar-refractivity contribution in [3.8, 4) is 0 Å². The number of carbonyl (C=O) groups excluding carboxylic acids is 1. The summed E-state index contributed by atoms with van der Waals surface area (Å²) in [5, 5.41) is 15.8. The number of ether oxygens (including phenoxy) is 1. The first kappa shape index (κ1) is 23.2. The van der Waals surface area contributed by atoms with E-state index in [1.165, 1.54) is 5.69 Å². The molecule has 8 nitrogen and oxygen atoms in total. The van der Waals surface area contributed by atoms with Crippen LogP contribution in [0, 0.1) is 17.8 Å². The van der Waals surface area contributed by atoms with Crippen LogP contribution in [-0.4, -0.2) is 62.2 Å². The maximum atomic E-state index is 13.1. The Morgan fingerprint density at radius 2 is 1.57 bits per heavy atom. The standard InChI is InChI=1S/C29H36N4O4/c34-28(30-27-21-15-20-16-22(27)19-29(35,17-20)18-21)37-33-10-9-32(25-3-1-2-4-26(25)33)24-7-5-23(6-8-24)31-11-13-36-14-12-31/h1-8,20-22,27,35H,9-19H2,(H,30,34)/t20?,21-,22+,27?,29?. The number of carbonyl (C=O) groups is 1. The van der Waals surface area contributed by atoms with Crippen molar-refractivity contribution in [2.24, 2.45) is 17.8 Å². The molecule has 2 N–H and O–H groups in total. The van der Waals surface area contributed by atoms with Crippen LogP contribution in [0.4, 0.5) is 27.5 Å². The van der Waals surface area contributed by atoms with Crippen LogP contribution in [0.25, 0.3) is 0 Å². The van der Waals surface area contributed by atoms with Crippen LogP contribution in [0.3, 0.4) is 0 Å². The van der Waals surface area contributed by atoms with Crippen molar-refractivity contribution in [3.63, 3.8) is 0 Å².